The van der Waals surface area contributed by atoms with Gasteiger partial charge in [0.25, 0.3) is 11.8 Å². The Hall–Kier alpha value is -2.23. The van der Waals surface area contributed by atoms with Crippen LogP contribution >= 0.6 is 11.8 Å². The predicted molar refractivity (Wildman–Crippen MR) is 147 cm³/mol. The van der Waals surface area contributed by atoms with Crippen molar-refractivity contribution in [2.75, 3.05) is 13.2 Å². The van der Waals surface area contributed by atoms with Crippen LogP contribution < -0.4 is 15.4 Å². The largest absolute Gasteiger partial charge is 0.481 e. The van der Waals surface area contributed by atoms with E-state index in [1.165, 1.54) is 51.4 Å². The van der Waals surface area contributed by atoms with Crippen LogP contribution in [0.4, 0.5) is 0 Å². The third-order valence-corrected chi connectivity index (χ3v) is 10.6. The third-order valence-electron chi connectivity index (χ3n) is 9.23. The summed E-state index contributed by atoms with van der Waals surface area (Å²) in [6, 6.07) is 0.205. The molecular formula is C29H43N3O6S. The van der Waals surface area contributed by atoms with Crippen LogP contribution in [0.15, 0.2) is 9.42 Å². The van der Waals surface area contributed by atoms with E-state index in [0.29, 0.717) is 28.4 Å². The fourth-order valence-electron chi connectivity index (χ4n) is 7.33. The molecule has 5 saturated carbocycles. The Morgan fingerprint density at radius 3 is 2.36 bits per heavy atom. The molecule has 2 amide bonds. The number of hydrogen-bond acceptors (Lipinski definition) is 7. The van der Waals surface area contributed by atoms with Gasteiger partial charge in [0.15, 0.2) is 0 Å². The summed E-state index contributed by atoms with van der Waals surface area (Å²) in [6.45, 7) is 3.89. The third kappa shape index (κ3) is 6.74. The monoisotopic (exact) mass is 561 g/mol. The SMILES string of the molecule is CC(C)(COc1noc(C(=O)NC2C3CC4CC(C3)CC2C4)c1SC1CCCCC1)C(=O)NCCCC(=O)O. The van der Waals surface area contributed by atoms with Gasteiger partial charge >= 0.3 is 5.97 Å². The van der Waals surface area contributed by atoms with E-state index in [4.69, 9.17) is 14.4 Å². The summed E-state index contributed by atoms with van der Waals surface area (Å²) >= 11 is 1.62. The van der Waals surface area contributed by atoms with E-state index in [-0.39, 0.29) is 49.1 Å². The molecule has 3 N–H and O–H groups in total. The lowest BCUT2D eigenvalue weighted by Gasteiger charge is -2.54. The second-order valence-electron chi connectivity index (χ2n) is 12.9. The number of carboxylic acid groups (broad SMARTS) is 1. The number of carbonyl (C=O) groups excluding carboxylic acids is 2. The second-order valence-corrected chi connectivity index (χ2v) is 14.2. The molecule has 0 spiro atoms. The number of ether oxygens (including phenoxy) is 1. The summed E-state index contributed by atoms with van der Waals surface area (Å²) in [5.41, 5.74) is -0.877. The van der Waals surface area contributed by atoms with Crippen LogP contribution in [0.1, 0.15) is 101 Å². The maximum Gasteiger partial charge on any atom is 0.303 e. The first-order chi connectivity index (χ1) is 18.7. The van der Waals surface area contributed by atoms with Crippen molar-refractivity contribution in [3.05, 3.63) is 5.76 Å². The van der Waals surface area contributed by atoms with Gasteiger partial charge < -0.3 is 25.0 Å². The molecule has 10 heteroatoms. The van der Waals surface area contributed by atoms with Crippen LogP contribution in [0, 0.1) is 29.1 Å². The predicted octanol–water partition coefficient (Wildman–Crippen LogP) is 5.04. The van der Waals surface area contributed by atoms with Crippen molar-refractivity contribution in [2.24, 2.45) is 29.1 Å². The number of hydrogen-bond donors (Lipinski definition) is 3. The molecule has 9 nitrogen and oxygen atoms in total. The zero-order valence-corrected chi connectivity index (χ0v) is 24.0. The van der Waals surface area contributed by atoms with Crippen molar-refractivity contribution in [1.82, 2.24) is 15.8 Å². The Labute approximate surface area is 234 Å². The number of carbonyl (C=O) groups is 3. The number of thioether (sulfide) groups is 1. The van der Waals surface area contributed by atoms with Gasteiger partial charge in [-0.15, -0.1) is 11.8 Å². The first kappa shape index (κ1) is 28.3. The maximum absolute atomic E-state index is 13.6. The number of rotatable bonds is 12. The van der Waals surface area contributed by atoms with E-state index in [1.54, 1.807) is 25.6 Å². The quantitative estimate of drug-likeness (QED) is 0.303. The summed E-state index contributed by atoms with van der Waals surface area (Å²) in [6.07, 6.45) is 12.4. The van der Waals surface area contributed by atoms with Gasteiger partial charge in [-0.1, -0.05) is 19.3 Å². The van der Waals surface area contributed by atoms with E-state index in [1.807, 2.05) is 0 Å². The highest BCUT2D eigenvalue weighted by molar-refractivity contribution is 8.00. The summed E-state index contributed by atoms with van der Waals surface area (Å²) in [4.78, 5) is 37.7. The van der Waals surface area contributed by atoms with E-state index in [0.717, 1.165) is 24.7 Å². The van der Waals surface area contributed by atoms with Crippen LogP contribution in [-0.2, 0) is 9.59 Å². The fraction of sp³-hybridized carbons (Fsp3) is 0.793. The van der Waals surface area contributed by atoms with Gasteiger partial charge in [0.2, 0.25) is 11.7 Å². The number of aliphatic carboxylic acids is 1. The number of nitrogens with zero attached hydrogens (tertiary/aromatic N) is 1. The van der Waals surface area contributed by atoms with Gasteiger partial charge in [-0.2, -0.15) is 0 Å². The second kappa shape index (κ2) is 12.1. The van der Waals surface area contributed by atoms with Crippen molar-refractivity contribution >= 4 is 29.5 Å². The Morgan fingerprint density at radius 2 is 1.72 bits per heavy atom. The number of amides is 2. The Kier molecular flexibility index (Phi) is 8.79. The summed E-state index contributed by atoms with van der Waals surface area (Å²) in [5.74, 6) is 1.98. The van der Waals surface area contributed by atoms with E-state index in [9.17, 15) is 14.4 Å². The minimum Gasteiger partial charge on any atom is -0.481 e. The van der Waals surface area contributed by atoms with Crippen molar-refractivity contribution in [1.29, 1.82) is 0 Å². The molecule has 5 aliphatic carbocycles. The minimum absolute atomic E-state index is 0.00620. The number of carboxylic acids is 1. The van der Waals surface area contributed by atoms with Gasteiger partial charge in [0.05, 0.1) is 5.41 Å². The lowest BCUT2D eigenvalue weighted by atomic mass is 9.54. The molecule has 6 rings (SSSR count). The molecule has 5 aliphatic rings. The summed E-state index contributed by atoms with van der Waals surface area (Å²) in [5, 5.41) is 19.5. The maximum atomic E-state index is 13.6. The molecule has 5 fully saturated rings. The molecule has 0 unspecified atom stereocenters. The Morgan fingerprint density at radius 1 is 1.05 bits per heavy atom. The van der Waals surface area contributed by atoms with Crippen LogP contribution in [0.25, 0.3) is 0 Å². The van der Waals surface area contributed by atoms with Crippen molar-refractivity contribution in [3.63, 3.8) is 0 Å². The lowest BCUT2D eigenvalue weighted by Crippen LogP contribution is -2.55. The lowest BCUT2D eigenvalue weighted by molar-refractivity contribution is -0.137. The molecular weight excluding hydrogens is 518 g/mol. The molecule has 1 aromatic rings. The Bertz CT molecular complexity index is 1020. The zero-order valence-electron chi connectivity index (χ0n) is 23.2. The number of aromatic nitrogens is 1. The zero-order chi connectivity index (χ0) is 27.6. The topological polar surface area (TPSA) is 131 Å². The van der Waals surface area contributed by atoms with Gasteiger partial charge in [-0.25, -0.2) is 0 Å². The molecule has 0 aromatic carbocycles. The van der Waals surface area contributed by atoms with Crippen LogP contribution in [0.5, 0.6) is 5.88 Å². The molecule has 1 heterocycles. The van der Waals surface area contributed by atoms with Gasteiger partial charge in [0.1, 0.15) is 11.5 Å². The van der Waals surface area contributed by atoms with Crippen LogP contribution in [-0.4, -0.2) is 52.5 Å². The van der Waals surface area contributed by atoms with Crippen molar-refractivity contribution < 1.29 is 28.8 Å². The molecule has 216 valence electrons. The average molecular weight is 562 g/mol. The summed E-state index contributed by atoms with van der Waals surface area (Å²) < 4.78 is 11.7. The Balaban J connectivity index is 1.25. The van der Waals surface area contributed by atoms with Crippen molar-refractivity contribution in [3.8, 4) is 5.88 Å². The highest BCUT2D eigenvalue weighted by Crippen LogP contribution is 2.54. The fourth-order valence-corrected chi connectivity index (χ4v) is 8.67. The van der Waals surface area contributed by atoms with E-state index < -0.39 is 11.4 Å². The standard InChI is InChI=1S/C29H43N3O6S/c1-29(2,28(36)30-10-6-9-22(33)34)16-37-27-25(39-21-7-4-3-5-8-21)24(38-32-27)26(35)31-23-19-12-17-11-18(14-19)15-20(23)13-17/h17-21,23H,3-16H2,1-2H3,(H,30,36)(H,31,35)(H,33,34). The van der Waals surface area contributed by atoms with Crippen LogP contribution in [0.2, 0.25) is 0 Å². The molecule has 39 heavy (non-hydrogen) atoms. The highest BCUT2D eigenvalue weighted by atomic mass is 32.2. The average Bonchev–Trinajstić information content (AvgIpc) is 3.29. The van der Waals surface area contributed by atoms with E-state index >= 15 is 0 Å². The minimum atomic E-state index is -0.885. The molecule has 0 aliphatic heterocycles. The van der Waals surface area contributed by atoms with Crippen molar-refractivity contribution in [2.45, 2.75) is 107 Å². The first-order valence-electron chi connectivity index (χ1n) is 14.8. The first-order valence-corrected chi connectivity index (χ1v) is 15.7. The molecule has 0 radical (unpaired) electrons. The van der Waals surface area contributed by atoms with Gasteiger partial charge in [-0.3, -0.25) is 14.4 Å². The summed E-state index contributed by atoms with van der Waals surface area (Å²) in [7, 11) is 0. The highest BCUT2D eigenvalue weighted by Gasteiger charge is 2.49. The molecule has 1 aromatic heterocycles. The molecule has 4 bridgehead atoms. The molecule has 0 saturated heterocycles. The smallest absolute Gasteiger partial charge is 0.303 e. The van der Waals surface area contributed by atoms with Gasteiger partial charge in [-0.05, 0) is 94.0 Å². The number of nitrogens with one attached hydrogen (secondary N) is 2. The van der Waals surface area contributed by atoms with Crippen LogP contribution in [0.3, 0.4) is 0 Å². The molecule has 0 atom stereocenters. The normalized spacial score (nSPS) is 28.3. The van der Waals surface area contributed by atoms with Gasteiger partial charge in [0, 0.05) is 24.3 Å². The van der Waals surface area contributed by atoms with E-state index in [2.05, 4.69) is 15.8 Å².